The molecule has 3 heterocycles. The number of nitrogens with zero attached hydrogens (tertiary/aromatic N) is 3. The number of carbonyl (C=O) groups excluding carboxylic acids is 2. The predicted molar refractivity (Wildman–Crippen MR) is 105 cm³/mol. The summed E-state index contributed by atoms with van der Waals surface area (Å²) in [6.07, 6.45) is 5.46. The van der Waals surface area contributed by atoms with Crippen molar-refractivity contribution >= 4 is 28.8 Å². The van der Waals surface area contributed by atoms with Gasteiger partial charge in [0.2, 0.25) is 11.8 Å². The zero-order chi connectivity index (χ0) is 18.8. The molecule has 3 aromatic rings. The quantitative estimate of drug-likeness (QED) is 0.756. The Morgan fingerprint density at radius 1 is 1.15 bits per heavy atom. The third kappa shape index (κ3) is 3.59. The van der Waals surface area contributed by atoms with Crippen LogP contribution >= 0.6 is 11.3 Å². The largest absolute Gasteiger partial charge is 0.368 e. The Bertz CT molecular complexity index is 1000. The number of anilines is 1. The number of aryl methyl sites for hydroxylation is 1. The molecule has 0 saturated heterocycles. The molecule has 1 aromatic carbocycles. The van der Waals surface area contributed by atoms with E-state index in [1.165, 1.54) is 4.90 Å². The molecule has 0 atom stereocenters. The number of fused-ring (bicyclic) bond motifs is 1. The summed E-state index contributed by atoms with van der Waals surface area (Å²) in [6.45, 7) is -0.0892. The molecule has 0 bridgehead atoms. The number of aromatic nitrogens is 2. The van der Waals surface area contributed by atoms with E-state index in [9.17, 15) is 9.59 Å². The highest BCUT2D eigenvalue weighted by atomic mass is 32.1. The summed E-state index contributed by atoms with van der Waals surface area (Å²) in [7, 11) is 0. The number of hydrogen-bond acceptors (Lipinski definition) is 5. The van der Waals surface area contributed by atoms with Crippen molar-refractivity contribution in [1.29, 1.82) is 0 Å². The Morgan fingerprint density at radius 3 is 2.74 bits per heavy atom. The monoisotopic (exact) mass is 378 g/mol. The SMILES string of the molecule is NC(=O)CN1C(=O)CCCc2cc(-c3csc(-c4ccncc4)n3)ccc21. The third-order valence-corrected chi connectivity index (χ3v) is 5.44. The molecule has 0 spiro atoms. The van der Waals surface area contributed by atoms with E-state index in [-0.39, 0.29) is 12.5 Å². The van der Waals surface area contributed by atoms with E-state index in [4.69, 9.17) is 10.7 Å². The maximum absolute atomic E-state index is 12.3. The summed E-state index contributed by atoms with van der Waals surface area (Å²) in [5.74, 6) is -0.573. The lowest BCUT2D eigenvalue weighted by atomic mass is 10.0. The summed E-state index contributed by atoms with van der Waals surface area (Å²) < 4.78 is 0. The molecule has 27 heavy (non-hydrogen) atoms. The van der Waals surface area contributed by atoms with Gasteiger partial charge >= 0.3 is 0 Å². The van der Waals surface area contributed by atoms with Crippen LogP contribution in [-0.4, -0.2) is 28.3 Å². The van der Waals surface area contributed by atoms with Crippen LogP contribution in [0.1, 0.15) is 18.4 Å². The first-order valence-electron chi connectivity index (χ1n) is 8.70. The van der Waals surface area contributed by atoms with Crippen LogP contribution in [-0.2, 0) is 16.0 Å². The molecule has 4 rings (SSSR count). The minimum absolute atomic E-state index is 0.0612. The van der Waals surface area contributed by atoms with E-state index >= 15 is 0 Å². The van der Waals surface area contributed by atoms with Crippen molar-refractivity contribution in [2.45, 2.75) is 19.3 Å². The van der Waals surface area contributed by atoms with Gasteiger partial charge in [-0.15, -0.1) is 11.3 Å². The van der Waals surface area contributed by atoms with Crippen molar-refractivity contribution in [3.05, 3.63) is 53.7 Å². The van der Waals surface area contributed by atoms with Crippen molar-refractivity contribution in [1.82, 2.24) is 9.97 Å². The van der Waals surface area contributed by atoms with Gasteiger partial charge in [0.1, 0.15) is 11.6 Å². The van der Waals surface area contributed by atoms with Crippen molar-refractivity contribution < 1.29 is 9.59 Å². The molecule has 1 aliphatic rings. The van der Waals surface area contributed by atoms with Crippen molar-refractivity contribution in [3.63, 3.8) is 0 Å². The molecule has 6 nitrogen and oxygen atoms in total. The molecule has 1 aliphatic heterocycles. The zero-order valence-electron chi connectivity index (χ0n) is 14.6. The van der Waals surface area contributed by atoms with E-state index in [1.807, 2.05) is 29.6 Å². The van der Waals surface area contributed by atoms with E-state index in [0.717, 1.165) is 45.9 Å². The smallest absolute Gasteiger partial charge is 0.237 e. The van der Waals surface area contributed by atoms with Crippen LogP contribution in [0.25, 0.3) is 21.8 Å². The lowest BCUT2D eigenvalue weighted by Crippen LogP contribution is -2.38. The summed E-state index contributed by atoms with van der Waals surface area (Å²) in [6, 6.07) is 9.77. The maximum atomic E-state index is 12.3. The van der Waals surface area contributed by atoms with Gasteiger partial charge in [-0.2, -0.15) is 0 Å². The fraction of sp³-hybridized carbons (Fsp3) is 0.200. The number of nitrogens with two attached hydrogens (primary N) is 1. The third-order valence-electron chi connectivity index (χ3n) is 4.55. The molecule has 0 saturated carbocycles. The first kappa shape index (κ1) is 17.4. The summed E-state index contributed by atoms with van der Waals surface area (Å²) in [5.41, 5.74) is 10.1. The van der Waals surface area contributed by atoms with E-state index in [2.05, 4.69) is 11.1 Å². The van der Waals surface area contributed by atoms with Gasteiger partial charge < -0.3 is 10.6 Å². The van der Waals surface area contributed by atoms with Crippen LogP contribution in [0, 0.1) is 0 Å². The molecular formula is C20H18N4O2S. The second-order valence-electron chi connectivity index (χ2n) is 6.42. The second kappa shape index (κ2) is 7.28. The molecule has 7 heteroatoms. The number of benzene rings is 1. The van der Waals surface area contributed by atoms with Gasteiger partial charge in [0.05, 0.1) is 5.69 Å². The van der Waals surface area contributed by atoms with Crippen molar-refractivity contribution in [2.75, 3.05) is 11.4 Å². The van der Waals surface area contributed by atoms with Gasteiger partial charge in [-0.1, -0.05) is 6.07 Å². The molecule has 2 N–H and O–H groups in total. The highest BCUT2D eigenvalue weighted by molar-refractivity contribution is 7.13. The Labute approximate surface area is 160 Å². The first-order valence-corrected chi connectivity index (χ1v) is 9.57. The number of carbonyl (C=O) groups is 2. The molecule has 0 aliphatic carbocycles. The number of thiazole rings is 1. The Kier molecular flexibility index (Phi) is 4.68. The lowest BCUT2D eigenvalue weighted by Gasteiger charge is -2.21. The van der Waals surface area contributed by atoms with Gasteiger partial charge in [0.15, 0.2) is 0 Å². The fourth-order valence-electron chi connectivity index (χ4n) is 3.27. The lowest BCUT2D eigenvalue weighted by molar-refractivity contribution is -0.122. The van der Waals surface area contributed by atoms with Crippen LogP contribution in [0.2, 0.25) is 0 Å². The minimum atomic E-state index is -0.512. The fourth-order valence-corrected chi connectivity index (χ4v) is 4.11. The highest BCUT2D eigenvalue weighted by Crippen LogP contribution is 2.33. The van der Waals surface area contributed by atoms with Crippen LogP contribution in [0.15, 0.2) is 48.1 Å². The van der Waals surface area contributed by atoms with Crippen molar-refractivity contribution in [2.24, 2.45) is 5.73 Å². The standard InChI is InChI=1S/C20H18N4O2S/c21-18(25)11-24-17-5-4-14(10-15(17)2-1-3-19(24)26)16-12-27-20(23-16)13-6-8-22-9-7-13/h4-10,12H,1-3,11H2,(H2,21,25). The first-order chi connectivity index (χ1) is 13.1. The maximum Gasteiger partial charge on any atom is 0.237 e. The van der Waals surface area contributed by atoms with Crippen LogP contribution in [0.5, 0.6) is 0 Å². The molecule has 0 radical (unpaired) electrons. The van der Waals surface area contributed by atoms with Gasteiger partial charge in [-0.3, -0.25) is 14.6 Å². The van der Waals surface area contributed by atoms with Gasteiger partial charge in [0.25, 0.3) is 0 Å². The number of hydrogen-bond donors (Lipinski definition) is 1. The molecule has 0 fully saturated rings. The topological polar surface area (TPSA) is 89.2 Å². The Hall–Kier alpha value is -3.06. The normalized spacial score (nSPS) is 13.9. The molecule has 0 unspecified atom stereocenters. The highest BCUT2D eigenvalue weighted by Gasteiger charge is 2.24. The van der Waals surface area contributed by atoms with Gasteiger partial charge in [-0.05, 0) is 42.7 Å². The van der Waals surface area contributed by atoms with E-state index in [0.29, 0.717) is 6.42 Å². The average molecular weight is 378 g/mol. The van der Waals surface area contributed by atoms with Crippen molar-refractivity contribution in [3.8, 4) is 21.8 Å². The number of amides is 2. The average Bonchev–Trinajstić information content (AvgIpc) is 3.11. The number of rotatable bonds is 4. The minimum Gasteiger partial charge on any atom is -0.368 e. The Balaban J connectivity index is 1.69. The van der Waals surface area contributed by atoms with Gasteiger partial charge in [-0.25, -0.2) is 4.98 Å². The number of pyridine rings is 1. The van der Waals surface area contributed by atoms with Crippen LogP contribution in [0.3, 0.4) is 0 Å². The predicted octanol–water partition coefficient (Wildman–Crippen LogP) is 3.03. The second-order valence-corrected chi connectivity index (χ2v) is 7.28. The summed E-state index contributed by atoms with van der Waals surface area (Å²) >= 11 is 1.58. The molecule has 2 aromatic heterocycles. The summed E-state index contributed by atoms with van der Waals surface area (Å²) in [4.78, 5) is 34.0. The van der Waals surface area contributed by atoms with Crippen LogP contribution in [0.4, 0.5) is 5.69 Å². The van der Waals surface area contributed by atoms with E-state index < -0.39 is 5.91 Å². The van der Waals surface area contributed by atoms with Crippen LogP contribution < -0.4 is 10.6 Å². The molecular weight excluding hydrogens is 360 g/mol. The Morgan fingerprint density at radius 2 is 1.96 bits per heavy atom. The zero-order valence-corrected chi connectivity index (χ0v) is 15.4. The molecule has 2 amide bonds. The number of primary amides is 1. The van der Waals surface area contributed by atoms with E-state index in [1.54, 1.807) is 23.7 Å². The van der Waals surface area contributed by atoms with Gasteiger partial charge in [0, 0.05) is 41.0 Å². The molecule has 136 valence electrons. The summed E-state index contributed by atoms with van der Waals surface area (Å²) in [5, 5.41) is 2.97.